The Balaban J connectivity index is 3.96. The van der Waals surface area contributed by atoms with E-state index in [0.29, 0.717) is 12.0 Å². The molecule has 0 spiro atoms. The van der Waals surface area contributed by atoms with Crippen LogP contribution in [0.25, 0.3) is 0 Å². The van der Waals surface area contributed by atoms with E-state index in [0.717, 1.165) is 6.42 Å². The number of aliphatic carboxylic acids is 1. The molecule has 2 N–H and O–H groups in total. The molecule has 0 radical (unpaired) electrons. The first kappa shape index (κ1) is 13.7. The Morgan fingerprint density at radius 3 is 2.53 bits per heavy atom. The predicted octanol–water partition coefficient (Wildman–Crippen LogP) is 1.71. The summed E-state index contributed by atoms with van der Waals surface area (Å²) >= 11 is 0. The van der Waals surface area contributed by atoms with Gasteiger partial charge in [0.25, 0.3) is 0 Å². The van der Waals surface area contributed by atoms with Crippen LogP contribution in [-0.4, -0.2) is 23.0 Å². The number of carbonyl (C=O) groups is 2. The van der Waals surface area contributed by atoms with Crippen molar-refractivity contribution in [3.63, 3.8) is 0 Å². The van der Waals surface area contributed by atoms with Gasteiger partial charge in [0.2, 0.25) is 5.91 Å². The van der Waals surface area contributed by atoms with Crippen molar-refractivity contribution in [3.05, 3.63) is 11.6 Å². The fourth-order valence-electron chi connectivity index (χ4n) is 1.15. The van der Waals surface area contributed by atoms with E-state index >= 15 is 0 Å². The van der Waals surface area contributed by atoms with Gasteiger partial charge in [-0.15, -0.1) is 0 Å². The van der Waals surface area contributed by atoms with Crippen molar-refractivity contribution in [1.29, 1.82) is 0 Å². The Morgan fingerprint density at radius 2 is 2.07 bits per heavy atom. The third-order valence-corrected chi connectivity index (χ3v) is 2.04. The summed E-state index contributed by atoms with van der Waals surface area (Å²) in [5, 5.41) is 11.2. The Kier molecular flexibility index (Phi) is 6.42. The molecule has 0 bridgehead atoms. The third-order valence-electron chi connectivity index (χ3n) is 2.04. The number of nitrogens with one attached hydrogen (secondary N) is 1. The smallest absolute Gasteiger partial charge is 0.303 e. The van der Waals surface area contributed by atoms with Crippen LogP contribution in [0.3, 0.4) is 0 Å². The molecule has 0 aromatic carbocycles. The molecule has 1 unspecified atom stereocenters. The van der Waals surface area contributed by atoms with Crippen LogP contribution < -0.4 is 5.32 Å². The molecule has 0 aliphatic carbocycles. The number of allylic oxidation sites excluding steroid dienone is 1. The second-order valence-electron chi connectivity index (χ2n) is 3.60. The lowest BCUT2D eigenvalue weighted by molar-refractivity contribution is -0.137. The van der Waals surface area contributed by atoms with Crippen LogP contribution >= 0.6 is 0 Å². The van der Waals surface area contributed by atoms with Gasteiger partial charge in [-0.1, -0.05) is 13.0 Å². The zero-order chi connectivity index (χ0) is 11.8. The summed E-state index contributed by atoms with van der Waals surface area (Å²) in [5.41, 5.74) is 0.680. The highest BCUT2D eigenvalue weighted by Crippen LogP contribution is 2.00. The molecule has 86 valence electrons. The number of carboxylic acid groups (broad SMARTS) is 1. The Labute approximate surface area is 90.4 Å². The fraction of sp³-hybridized carbons (Fsp3) is 0.636. The third kappa shape index (κ3) is 6.71. The molecule has 0 saturated carbocycles. The maximum Gasteiger partial charge on any atom is 0.303 e. The van der Waals surface area contributed by atoms with Gasteiger partial charge in [-0.3, -0.25) is 9.59 Å². The maximum atomic E-state index is 11.5. The van der Waals surface area contributed by atoms with Gasteiger partial charge in [0, 0.05) is 18.0 Å². The van der Waals surface area contributed by atoms with Gasteiger partial charge in [-0.25, -0.2) is 0 Å². The first-order valence-corrected chi connectivity index (χ1v) is 5.16. The zero-order valence-corrected chi connectivity index (χ0v) is 9.54. The molecular formula is C11H19NO3. The highest BCUT2D eigenvalue weighted by atomic mass is 16.4. The quantitative estimate of drug-likeness (QED) is 0.660. The van der Waals surface area contributed by atoms with E-state index in [2.05, 4.69) is 5.32 Å². The molecular weight excluding hydrogens is 194 g/mol. The van der Waals surface area contributed by atoms with Crippen molar-refractivity contribution in [2.24, 2.45) is 0 Å². The van der Waals surface area contributed by atoms with E-state index in [4.69, 9.17) is 5.11 Å². The molecule has 0 rings (SSSR count). The lowest BCUT2D eigenvalue weighted by Gasteiger charge is -2.12. The minimum atomic E-state index is -0.836. The summed E-state index contributed by atoms with van der Waals surface area (Å²) in [7, 11) is 0. The summed E-state index contributed by atoms with van der Waals surface area (Å²) in [6.07, 6.45) is 3.21. The summed E-state index contributed by atoms with van der Waals surface area (Å²) in [6.45, 7) is 5.52. The van der Waals surface area contributed by atoms with E-state index in [1.165, 1.54) is 0 Å². The monoisotopic (exact) mass is 213 g/mol. The van der Waals surface area contributed by atoms with Crippen LogP contribution in [0.4, 0.5) is 0 Å². The van der Waals surface area contributed by atoms with Crippen molar-refractivity contribution >= 4 is 11.9 Å². The fourth-order valence-corrected chi connectivity index (χ4v) is 1.15. The largest absolute Gasteiger partial charge is 0.481 e. The zero-order valence-electron chi connectivity index (χ0n) is 9.54. The van der Waals surface area contributed by atoms with Crippen LogP contribution in [-0.2, 0) is 9.59 Å². The summed E-state index contributed by atoms with van der Waals surface area (Å²) < 4.78 is 0. The average Bonchev–Trinajstić information content (AvgIpc) is 2.15. The van der Waals surface area contributed by atoms with Crippen molar-refractivity contribution in [2.45, 2.75) is 46.1 Å². The Hall–Kier alpha value is -1.32. The average molecular weight is 213 g/mol. The van der Waals surface area contributed by atoms with Gasteiger partial charge in [-0.2, -0.15) is 0 Å². The minimum Gasteiger partial charge on any atom is -0.481 e. The van der Waals surface area contributed by atoms with Crippen LogP contribution in [0.15, 0.2) is 11.6 Å². The highest BCUT2D eigenvalue weighted by Gasteiger charge is 2.09. The molecule has 0 heterocycles. The molecule has 0 aliphatic rings. The van der Waals surface area contributed by atoms with Gasteiger partial charge in [-0.05, 0) is 26.7 Å². The lowest BCUT2D eigenvalue weighted by Crippen LogP contribution is -2.33. The van der Waals surface area contributed by atoms with Crippen molar-refractivity contribution in [1.82, 2.24) is 5.32 Å². The summed E-state index contributed by atoms with van der Waals surface area (Å²) in [4.78, 5) is 21.8. The molecule has 0 aliphatic heterocycles. The van der Waals surface area contributed by atoms with E-state index in [1.54, 1.807) is 13.8 Å². The summed E-state index contributed by atoms with van der Waals surface area (Å²) in [6, 6.07) is -0.103. The Morgan fingerprint density at radius 1 is 1.47 bits per heavy atom. The first-order valence-electron chi connectivity index (χ1n) is 5.16. The normalized spacial score (nSPS) is 13.4. The van der Waals surface area contributed by atoms with Gasteiger partial charge >= 0.3 is 5.97 Å². The van der Waals surface area contributed by atoms with Crippen molar-refractivity contribution in [3.8, 4) is 0 Å². The van der Waals surface area contributed by atoms with E-state index in [-0.39, 0.29) is 18.4 Å². The lowest BCUT2D eigenvalue weighted by atomic mass is 10.1. The van der Waals surface area contributed by atoms with Gasteiger partial charge in [0.1, 0.15) is 0 Å². The second-order valence-corrected chi connectivity index (χ2v) is 3.60. The van der Waals surface area contributed by atoms with Crippen LogP contribution in [0.5, 0.6) is 0 Å². The SMILES string of the molecule is CCC=C(C)C(=O)NC(C)CCC(=O)O. The van der Waals surface area contributed by atoms with Crippen LogP contribution in [0.2, 0.25) is 0 Å². The first-order chi connectivity index (χ1) is 6.97. The van der Waals surface area contributed by atoms with Crippen LogP contribution in [0.1, 0.15) is 40.0 Å². The molecule has 1 atom stereocenters. The van der Waals surface area contributed by atoms with Crippen LogP contribution in [0, 0.1) is 0 Å². The molecule has 15 heavy (non-hydrogen) atoms. The summed E-state index contributed by atoms with van der Waals surface area (Å²) in [5.74, 6) is -0.952. The standard InChI is InChI=1S/C11H19NO3/c1-4-5-8(2)11(15)12-9(3)6-7-10(13)14/h5,9H,4,6-7H2,1-3H3,(H,12,15)(H,13,14). The van der Waals surface area contributed by atoms with Gasteiger partial charge in [0.15, 0.2) is 0 Å². The van der Waals surface area contributed by atoms with E-state index in [1.807, 2.05) is 13.0 Å². The predicted molar refractivity (Wildman–Crippen MR) is 58.5 cm³/mol. The minimum absolute atomic E-state index is 0.0813. The molecule has 4 nitrogen and oxygen atoms in total. The van der Waals surface area contributed by atoms with E-state index in [9.17, 15) is 9.59 Å². The number of rotatable bonds is 6. The van der Waals surface area contributed by atoms with Crippen molar-refractivity contribution < 1.29 is 14.7 Å². The van der Waals surface area contributed by atoms with E-state index < -0.39 is 5.97 Å². The molecule has 0 fully saturated rings. The number of carboxylic acids is 1. The highest BCUT2D eigenvalue weighted by molar-refractivity contribution is 5.92. The maximum absolute atomic E-state index is 11.5. The number of amides is 1. The molecule has 1 amide bonds. The number of hydrogen-bond donors (Lipinski definition) is 2. The molecule has 4 heteroatoms. The topological polar surface area (TPSA) is 66.4 Å². The van der Waals surface area contributed by atoms with Crippen molar-refractivity contribution in [2.75, 3.05) is 0 Å². The number of carbonyl (C=O) groups excluding carboxylic acids is 1. The van der Waals surface area contributed by atoms with Gasteiger partial charge < -0.3 is 10.4 Å². The molecule has 0 aromatic heterocycles. The Bertz CT molecular complexity index is 259. The number of hydrogen-bond acceptors (Lipinski definition) is 2. The molecule has 0 aromatic rings. The van der Waals surface area contributed by atoms with Gasteiger partial charge in [0.05, 0.1) is 0 Å². The molecule has 0 saturated heterocycles. The second kappa shape index (κ2) is 7.04.